The van der Waals surface area contributed by atoms with E-state index in [9.17, 15) is 16.8 Å². The minimum atomic E-state index is -3.75. The fraction of sp³-hybridized carbons (Fsp3) is 0.571. The Morgan fingerprint density at radius 1 is 1.12 bits per heavy atom. The van der Waals surface area contributed by atoms with Gasteiger partial charge in [0.1, 0.15) is 0 Å². The van der Waals surface area contributed by atoms with Crippen LogP contribution in [0.15, 0.2) is 34.1 Å². The van der Waals surface area contributed by atoms with E-state index in [1.165, 1.54) is 24.3 Å². The van der Waals surface area contributed by atoms with Crippen LogP contribution in [-0.4, -0.2) is 42.0 Å². The van der Waals surface area contributed by atoms with Gasteiger partial charge < -0.3 is 5.32 Å². The lowest BCUT2D eigenvalue weighted by molar-refractivity contribution is 0.536. The summed E-state index contributed by atoms with van der Waals surface area (Å²) in [5.74, 6) is 0. The minimum absolute atomic E-state index is 0. The molecule has 1 aromatic carbocycles. The van der Waals surface area contributed by atoms with Crippen LogP contribution >= 0.6 is 12.4 Å². The van der Waals surface area contributed by atoms with Gasteiger partial charge in [-0.05, 0) is 44.5 Å². The van der Waals surface area contributed by atoms with Crippen molar-refractivity contribution in [3.63, 3.8) is 0 Å². The molecule has 0 bridgehead atoms. The highest BCUT2D eigenvalue weighted by Gasteiger charge is 2.28. The highest BCUT2D eigenvalue weighted by molar-refractivity contribution is 7.90. The molecule has 1 fully saturated rings. The van der Waals surface area contributed by atoms with Gasteiger partial charge in [-0.3, -0.25) is 0 Å². The van der Waals surface area contributed by atoms with Crippen LogP contribution in [0.1, 0.15) is 26.7 Å². The molecule has 0 amide bonds. The maximum Gasteiger partial charge on any atom is 0.240 e. The van der Waals surface area contributed by atoms with Crippen molar-refractivity contribution in [3.05, 3.63) is 24.3 Å². The van der Waals surface area contributed by atoms with E-state index in [1.807, 2.05) is 13.8 Å². The van der Waals surface area contributed by atoms with Crippen LogP contribution in [0, 0.1) is 0 Å². The van der Waals surface area contributed by atoms with E-state index in [4.69, 9.17) is 0 Å². The summed E-state index contributed by atoms with van der Waals surface area (Å²) in [7, 11) is -7.43. The molecule has 138 valence electrons. The van der Waals surface area contributed by atoms with E-state index in [0.29, 0.717) is 0 Å². The summed E-state index contributed by atoms with van der Waals surface area (Å²) in [6, 6.07) is 5.36. The molecule has 0 spiro atoms. The zero-order chi connectivity index (χ0) is 17.1. The summed E-state index contributed by atoms with van der Waals surface area (Å²) in [5, 5.41) is 3.10. The zero-order valence-electron chi connectivity index (χ0n) is 13.7. The van der Waals surface area contributed by atoms with E-state index in [1.54, 1.807) is 0 Å². The molecular weight excluding hydrogens is 374 g/mol. The monoisotopic (exact) mass is 397 g/mol. The van der Waals surface area contributed by atoms with E-state index in [-0.39, 0.29) is 40.8 Å². The predicted molar refractivity (Wildman–Crippen MR) is 95.4 cm³/mol. The third kappa shape index (κ3) is 5.98. The number of hydrogen-bond donors (Lipinski definition) is 3. The van der Waals surface area contributed by atoms with Gasteiger partial charge in [-0.15, -0.1) is 12.4 Å². The van der Waals surface area contributed by atoms with Crippen molar-refractivity contribution in [2.75, 3.05) is 13.1 Å². The standard InChI is InChI=1S/C14H23N3O4S2.ClH/c1-3-15-11(2)10-16-22(18,19)13-5-4-6-14(9-13)23(20,21)17-12-7-8-12;/h4-6,9,11-12,15-17H,3,7-8,10H2,1-2H3;1H/t11-;/m1./s1. The first-order chi connectivity index (χ1) is 10.7. The molecule has 0 heterocycles. The van der Waals surface area contributed by atoms with E-state index in [2.05, 4.69) is 14.8 Å². The number of halogens is 1. The normalized spacial score (nSPS) is 16.4. The van der Waals surface area contributed by atoms with Gasteiger partial charge in [-0.2, -0.15) is 0 Å². The minimum Gasteiger partial charge on any atom is -0.313 e. The summed E-state index contributed by atoms with van der Waals surface area (Å²) in [6.45, 7) is 4.77. The van der Waals surface area contributed by atoms with Crippen molar-refractivity contribution < 1.29 is 16.8 Å². The van der Waals surface area contributed by atoms with Crippen molar-refractivity contribution in [2.24, 2.45) is 0 Å². The third-order valence-corrected chi connectivity index (χ3v) is 6.40. The Balaban J connectivity index is 0.00000288. The Morgan fingerprint density at radius 2 is 1.71 bits per heavy atom. The predicted octanol–water partition coefficient (Wildman–Crippen LogP) is 0.825. The first kappa shape index (κ1) is 21.3. The molecule has 0 saturated heterocycles. The summed E-state index contributed by atoms with van der Waals surface area (Å²) < 4.78 is 54.0. The molecular formula is C14H24ClN3O4S2. The molecule has 1 aromatic rings. The fourth-order valence-electron chi connectivity index (χ4n) is 2.04. The van der Waals surface area contributed by atoms with Crippen LogP contribution in [0.5, 0.6) is 0 Å². The Hall–Kier alpha value is -0.710. The Kier molecular flexibility index (Phi) is 7.64. The van der Waals surface area contributed by atoms with Crippen molar-refractivity contribution in [1.82, 2.24) is 14.8 Å². The molecule has 1 aliphatic rings. The maximum atomic E-state index is 12.3. The van der Waals surface area contributed by atoms with Crippen LogP contribution in [0.4, 0.5) is 0 Å². The lowest BCUT2D eigenvalue weighted by Crippen LogP contribution is -2.38. The Labute approximate surface area is 150 Å². The lowest BCUT2D eigenvalue weighted by atomic mass is 10.3. The van der Waals surface area contributed by atoms with Crippen molar-refractivity contribution in [1.29, 1.82) is 0 Å². The number of sulfonamides is 2. The Bertz CT molecular complexity index is 749. The molecule has 0 aliphatic heterocycles. The van der Waals surface area contributed by atoms with Gasteiger partial charge in [-0.1, -0.05) is 13.0 Å². The first-order valence-corrected chi connectivity index (χ1v) is 10.6. The molecule has 1 atom stereocenters. The quantitative estimate of drug-likeness (QED) is 0.572. The van der Waals surface area contributed by atoms with Gasteiger partial charge in [-0.25, -0.2) is 26.3 Å². The van der Waals surface area contributed by atoms with Gasteiger partial charge >= 0.3 is 0 Å². The summed E-state index contributed by atoms with van der Waals surface area (Å²) in [6.07, 6.45) is 1.64. The maximum absolute atomic E-state index is 12.3. The average Bonchev–Trinajstić information content (AvgIpc) is 3.29. The SMILES string of the molecule is CCN[C@H](C)CNS(=O)(=O)c1cccc(S(=O)(=O)NC2CC2)c1.Cl. The molecule has 10 heteroatoms. The third-order valence-electron chi connectivity index (χ3n) is 3.46. The Morgan fingerprint density at radius 3 is 2.25 bits per heavy atom. The van der Waals surface area contributed by atoms with Crippen molar-refractivity contribution in [3.8, 4) is 0 Å². The molecule has 1 saturated carbocycles. The van der Waals surface area contributed by atoms with Crippen molar-refractivity contribution in [2.45, 2.75) is 48.6 Å². The second-order valence-corrected chi connectivity index (χ2v) is 9.16. The molecule has 24 heavy (non-hydrogen) atoms. The van der Waals surface area contributed by atoms with E-state index < -0.39 is 20.0 Å². The molecule has 0 aromatic heterocycles. The van der Waals surface area contributed by atoms with Crippen LogP contribution < -0.4 is 14.8 Å². The fourth-order valence-corrected chi connectivity index (χ4v) is 4.64. The van der Waals surface area contributed by atoms with Crippen LogP contribution in [0.3, 0.4) is 0 Å². The number of rotatable bonds is 9. The average molecular weight is 398 g/mol. The number of hydrogen-bond acceptors (Lipinski definition) is 5. The van der Waals surface area contributed by atoms with E-state index >= 15 is 0 Å². The number of likely N-dealkylation sites (N-methyl/N-ethyl adjacent to an activating group) is 1. The smallest absolute Gasteiger partial charge is 0.240 e. The van der Waals surface area contributed by atoms with Gasteiger partial charge in [0.15, 0.2) is 0 Å². The van der Waals surface area contributed by atoms with Crippen LogP contribution in [-0.2, 0) is 20.0 Å². The zero-order valence-corrected chi connectivity index (χ0v) is 16.1. The van der Waals surface area contributed by atoms with Crippen LogP contribution in [0.25, 0.3) is 0 Å². The molecule has 7 nitrogen and oxygen atoms in total. The summed E-state index contributed by atoms with van der Waals surface area (Å²) in [4.78, 5) is -0.0909. The van der Waals surface area contributed by atoms with Gasteiger partial charge in [0.25, 0.3) is 0 Å². The number of benzene rings is 1. The summed E-state index contributed by atoms with van der Waals surface area (Å²) >= 11 is 0. The van der Waals surface area contributed by atoms with Gasteiger partial charge in [0.05, 0.1) is 9.79 Å². The second kappa shape index (κ2) is 8.59. The molecule has 0 radical (unpaired) electrons. The molecule has 2 rings (SSSR count). The highest BCUT2D eigenvalue weighted by Crippen LogP contribution is 2.23. The molecule has 0 unspecified atom stereocenters. The first-order valence-electron chi connectivity index (χ1n) is 7.60. The van der Waals surface area contributed by atoms with Crippen LogP contribution in [0.2, 0.25) is 0 Å². The lowest BCUT2D eigenvalue weighted by Gasteiger charge is -2.14. The van der Waals surface area contributed by atoms with E-state index in [0.717, 1.165) is 19.4 Å². The molecule has 3 N–H and O–H groups in total. The topological polar surface area (TPSA) is 104 Å². The summed E-state index contributed by atoms with van der Waals surface area (Å²) in [5.41, 5.74) is 0. The second-order valence-electron chi connectivity index (χ2n) is 5.68. The number of nitrogens with one attached hydrogen (secondary N) is 3. The largest absolute Gasteiger partial charge is 0.313 e. The van der Waals surface area contributed by atoms with Crippen molar-refractivity contribution >= 4 is 32.5 Å². The molecule has 1 aliphatic carbocycles. The van der Waals surface area contributed by atoms with Gasteiger partial charge in [0, 0.05) is 18.6 Å². The highest BCUT2D eigenvalue weighted by atomic mass is 35.5. The van der Waals surface area contributed by atoms with Gasteiger partial charge in [0.2, 0.25) is 20.0 Å².